The van der Waals surface area contributed by atoms with Crippen molar-refractivity contribution in [3.05, 3.63) is 20.8 Å². The maximum atomic E-state index is 4.18. The minimum absolute atomic E-state index is 0.642. The number of nitrogens with zero attached hydrogens (tertiary/aromatic N) is 1. The summed E-state index contributed by atoms with van der Waals surface area (Å²) in [6.45, 7) is 0.824. The SMILES string of the molecule is CN=C(NCc1sccc1Br)NC1CC1. The van der Waals surface area contributed by atoms with Gasteiger partial charge in [0.15, 0.2) is 5.96 Å². The standard InChI is InChI=1S/C10H14BrN3S/c1-12-10(14-7-2-3-7)13-6-9-8(11)4-5-15-9/h4-5,7H,2-3,6H2,1H3,(H2,12,13,14). The van der Waals surface area contributed by atoms with Crippen molar-refractivity contribution in [3.63, 3.8) is 0 Å². The van der Waals surface area contributed by atoms with Crippen LogP contribution in [0.2, 0.25) is 0 Å². The summed E-state index contributed by atoms with van der Waals surface area (Å²) in [6, 6.07) is 2.71. The van der Waals surface area contributed by atoms with E-state index in [2.05, 4.69) is 43.0 Å². The highest BCUT2D eigenvalue weighted by Crippen LogP contribution is 2.22. The highest BCUT2D eigenvalue weighted by Gasteiger charge is 2.22. The van der Waals surface area contributed by atoms with Gasteiger partial charge in [0.05, 0.1) is 6.54 Å². The van der Waals surface area contributed by atoms with Gasteiger partial charge in [0, 0.05) is 22.4 Å². The number of thiophene rings is 1. The number of aliphatic imine (C=N–C) groups is 1. The summed E-state index contributed by atoms with van der Waals surface area (Å²) in [7, 11) is 1.81. The van der Waals surface area contributed by atoms with Crippen molar-refractivity contribution >= 4 is 33.2 Å². The zero-order valence-electron chi connectivity index (χ0n) is 8.59. The first kappa shape index (κ1) is 11.0. The molecule has 0 unspecified atom stereocenters. The molecular weight excluding hydrogens is 274 g/mol. The fraction of sp³-hybridized carbons (Fsp3) is 0.500. The van der Waals surface area contributed by atoms with Crippen LogP contribution in [0.3, 0.4) is 0 Å². The van der Waals surface area contributed by atoms with E-state index in [0.717, 1.165) is 12.5 Å². The maximum Gasteiger partial charge on any atom is 0.191 e. The number of nitrogens with one attached hydrogen (secondary N) is 2. The molecule has 0 spiro atoms. The first-order valence-corrected chi connectivity index (χ1v) is 6.66. The van der Waals surface area contributed by atoms with E-state index in [9.17, 15) is 0 Å². The van der Waals surface area contributed by atoms with Crippen LogP contribution in [-0.4, -0.2) is 19.0 Å². The van der Waals surface area contributed by atoms with Gasteiger partial charge in [-0.15, -0.1) is 11.3 Å². The third-order valence-corrected chi connectivity index (χ3v) is 4.18. The van der Waals surface area contributed by atoms with Gasteiger partial charge in [-0.3, -0.25) is 4.99 Å². The molecule has 5 heteroatoms. The Kier molecular flexibility index (Phi) is 3.64. The lowest BCUT2D eigenvalue weighted by molar-refractivity contribution is 0.810. The van der Waals surface area contributed by atoms with Crippen molar-refractivity contribution in [1.29, 1.82) is 0 Å². The molecule has 0 bridgehead atoms. The smallest absolute Gasteiger partial charge is 0.191 e. The minimum atomic E-state index is 0.642. The van der Waals surface area contributed by atoms with Crippen molar-refractivity contribution < 1.29 is 0 Å². The van der Waals surface area contributed by atoms with Crippen LogP contribution in [0.5, 0.6) is 0 Å². The quantitative estimate of drug-likeness (QED) is 0.661. The molecule has 15 heavy (non-hydrogen) atoms. The molecular formula is C10H14BrN3S. The van der Waals surface area contributed by atoms with E-state index >= 15 is 0 Å². The van der Waals surface area contributed by atoms with E-state index in [1.807, 2.05) is 0 Å². The van der Waals surface area contributed by atoms with Crippen LogP contribution in [0.4, 0.5) is 0 Å². The molecule has 0 aliphatic heterocycles. The Morgan fingerprint density at radius 1 is 1.67 bits per heavy atom. The molecule has 2 rings (SSSR count). The van der Waals surface area contributed by atoms with E-state index in [-0.39, 0.29) is 0 Å². The van der Waals surface area contributed by atoms with Crippen LogP contribution < -0.4 is 10.6 Å². The van der Waals surface area contributed by atoms with Gasteiger partial charge in [-0.25, -0.2) is 0 Å². The lowest BCUT2D eigenvalue weighted by atomic mass is 10.4. The predicted molar refractivity (Wildman–Crippen MR) is 68.4 cm³/mol. The summed E-state index contributed by atoms with van der Waals surface area (Å²) in [5, 5.41) is 8.74. The molecule has 0 saturated heterocycles. The van der Waals surface area contributed by atoms with Gasteiger partial charge < -0.3 is 10.6 Å². The summed E-state index contributed by atoms with van der Waals surface area (Å²) in [4.78, 5) is 5.48. The highest BCUT2D eigenvalue weighted by atomic mass is 79.9. The lowest BCUT2D eigenvalue weighted by Gasteiger charge is -2.10. The Balaban J connectivity index is 1.83. The number of hydrogen-bond donors (Lipinski definition) is 2. The van der Waals surface area contributed by atoms with E-state index in [1.54, 1.807) is 18.4 Å². The molecule has 2 N–H and O–H groups in total. The molecule has 1 saturated carbocycles. The zero-order chi connectivity index (χ0) is 10.7. The monoisotopic (exact) mass is 287 g/mol. The molecule has 0 radical (unpaired) electrons. The van der Waals surface area contributed by atoms with Crippen molar-refractivity contribution in [1.82, 2.24) is 10.6 Å². The highest BCUT2D eigenvalue weighted by molar-refractivity contribution is 9.10. The Hall–Kier alpha value is -0.550. The average molecular weight is 288 g/mol. The van der Waals surface area contributed by atoms with E-state index in [1.165, 1.54) is 22.2 Å². The topological polar surface area (TPSA) is 36.4 Å². The molecule has 1 aromatic rings. The van der Waals surface area contributed by atoms with Crippen LogP contribution in [-0.2, 0) is 6.54 Å². The van der Waals surface area contributed by atoms with Crippen LogP contribution in [0, 0.1) is 0 Å². The molecule has 0 aromatic carbocycles. The molecule has 0 atom stereocenters. The van der Waals surface area contributed by atoms with E-state index < -0.39 is 0 Å². The Morgan fingerprint density at radius 3 is 3.00 bits per heavy atom. The van der Waals surface area contributed by atoms with Crippen LogP contribution >= 0.6 is 27.3 Å². The first-order valence-electron chi connectivity index (χ1n) is 4.98. The Morgan fingerprint density at radius 2 is 2.47 bits per heavy atom. The molecule has 1 fully saturated rings. The van der Waals surface area contributed by atoms with Crippen molar-refractivity contribution in [3.8, 4) is 0 Å². The maximum absolute atomic E-state index is 4.18. The van der Waals surface area contributed by atoms with Gasteiger partial charge in [0.1, 0.15) is 0 Å². The molecule has 82 valence electrons. The van der Waals surface area contributed by atoms with Crippen LogP contribution in [0.15, 0.2) is 20.9 Å². The zero-order valence-corrected chi connectivity index (χ0v) is 11.0. The van der Waals surface area contributed by atoms with Gasteiger partial charge in [-0.2, -0.15) is 0 Å². The van der Waals surface area contributed by atoms with E-state index in [0.29, 0.717) is 6.04 Å². The van der Waals surface area contributed by atoms with Gasteiger partial charge in [-0.05, 0) is 40.2 Å². The summed E-state index contributed by atoms with van der Waals surface area (Å²) < 4.78 is 1.17. The number of guanidine groups is 1. The third-order valence-electron chi connectivity index (χ3n) is 2.25. The second kappa shape index (κ2) is 4.99. The average Bonchev–Trinajstić information content (AvgIpc) is 2.96. The summed E-state index contributed by atoms with van der Waals surface area (Å²) >= 11 is 5.26. The predicted octanol–water partition coefficient (Wildman–Crippen LogP) is 2.34. The number of rotatable bonds is 3. The summed E-state index contributed by atoms with van der Waals surface area (Å²) in [6.07, 6.45) is 2.53. The third kappa shape index (κ3) is 3.21. The summed E-state index contributed by atoms with van der Waals surface area (Å²) in [5.74, 6) is 0.901. The molecule has 1 heterocycles. The Labute approximate surface area is 102 Å². The van der Waals surface area contributed by atoms with Gasteiger partial charge >= 0.3 is 0 Å². The molecule has 1 aromatic heterocycles. The fourth-order valence-electron chi connectivity index (χ4n) is 1.23. The number of halogens is 1. The van der Waals surface area contributed by atoms with Gasteiger partial charge in [0.25, 0.3) is 0 Å². The second-order valence-corrected chi connectivity index (χ2v) is 5.39. The lowest BCUT2D eigenvalue weighted by Crippen LogP contribution is -2.37. The first-order chi connectivity index (χ1) is 7.29. The Bertz CT molecular complexity index is 357. The van der Waals surface area contributed by atoms with Gasteiger partial charge in [-0.1, -0.05) is 0 Å². The molecule has 3 nitrogen and oxygen atoms in total. The second-order valence-electron chi connectivity index (χ2n) is 3.54. The van der Waals surface area contributed by atoms with E-state index in [4.69, 9.17) is 0 Å². The minimum Gasteiger partial charge on any atom is -0.354 e. The van der Waals surface area contributed by atoms with Crippen molar-refractivity contribution in [2.24, 2.45) is 4.99 Å². The largest absolute Gasteiger partial charge is 0.354 e. The van der Waals surface area contributed by atoms with Crippen LogP contribution in [0.25, 0.3) is 0 Å². The fourth-order valence-corrected chi connectivity index (χ4v) is 2.66. The summed E-state index contributed by atoms with van der Waals surface area (Å²) in [5.41, 5.74) is 0. The number of hydrogen-bond acceptors (Lipinski definition) is 2. The van der Waals surface area contributed by atoms with Gasteiger partial charge in [0.2, 0.25) is 0 Å². The molecule has 1 aliphatic rings. The molecule has 0 amide bonds. The molecule has 1 aliphatic carbocycles. The van der Waals surface area contributed by atoms with Crippen molar-refractivity contribution in [2.75, 3.05) is 7.05 Å². The van der Waals surface area contributed by atoms with Crippen LogP contribution in [0.1, 0.15) is 17.7 Å². The van der Waals surface area contributed by atoms with Crippen molar-refractivity contribution in [2.45, 2.75) is 25.4 Å². The normalized spacial score (nSPS) is 16.5.